The fourth-order valence-corrected chi connectivity index (χ4v) is 3.46. The Bertz CT molecular complexity index is 407. The number of aliphatic imine (C=N–C) groups is 1. The lowest BCUT2D eigenvalue weighted by molar-refractivity contribution is 0.436. The van der Waals surface area contributed by atoms with E-state index in [1.165, 1.54) is 9.75 Å². The molecule has 2 heterocycles. The first-order valence-electron chi connectivity index (χ1n) is 6.08. The summed E-state index contributed by atoms with van der Waals surface area (Å²) in [5.41, 5.74) is 0.355. The maximum atomic E-state index is 4.60. The second kappa shape index (κ2) is 5.44. The van der Waals surface area contributed by atoms with Crippen molar-refractivity contribution in [3.63, 3.8) is 0 Å². The molecule has 0 atom stereocenters. The molecule has 0 amide bonds. The topological polar surface area (TPSA) is 24.4 Å². The summed E-state index contributed by atoms with van der Waals surface area (Å²) in [7, 11) is 0. The number of nitrogens with zero attached hydrogens (tertiary/aromatic N) is 1. The van der Waals surface area contributed by atoms with E-state index in [0.29, 0.717) is 5.41 Å². The number of aryl methyl sites for hydroxylation is 1. The van der Waals surface area contributed by atoms with Crippen LogP contribution in [-0.2, 0) is 13.0 Å². The van der Waals surface area contributed by atoms with Crippen molar-refractivity contribution in [2.24, 2.45) is 10.4 Å². The highest BCUT2D eigenvalue weighted by molar-refractivity contribution is 8.13. The maximum Gasteiger partial charge on any atom is 0.156 e. The van der Waals surface area contributed by atoms with E-state index >= 15 is 0 Å². The van der Waals surface area contributed by atoms with Gasteiger partial charge in [0.2, 0.25) is 0 Å². The molecule has 4 heteroatoms. The lowest BCUT2D eigenvalue weighted by Crippen LogP contribution is -2.30. The van der Waals surface area contributed by atoms with Crippen molar-refractivity contribution >= 4 is 28.3 Å². The van der Waals surface area contributed by atoms with Gasteiger partial charge in [-0.2, -0.15) is 0 Å². The number of hydrogen-bond acceptors (Lipinski definition) is 4. The highest BCUT2D eigenvalue weighted by Crippen LogP contribution is 2.27. The summed E-state index contributed by atoms with van der Waals surface area (Å²) < 4.78 is 0. The van der Waals surface area contributed by atoms with E-state index in [-0.39, 0.29) is 0 Å². The second-order valence-electron chi connectivity index (χ2n) is 5.15. The first-order valence-corrected chi connectivity index (χ1v) is 7.88. The van der Waals surface area contributed by atoms with Crippen LogP contribution in [0, 0.1) is 5.41 Å². The molecular formula is C13H20N2S2. The number of rotatable bonds is 3. The Kier molecular flexibility index (Phi) is 4.15. The quantitative estimate of drug-likeness (QED) is 0.907. The molecule has 1 aromatic rings. The smallest absolute Gasteiger partial charge is 0.156 e. The number of amidine groups is 1. The van der Waals surface area contributed by atoms with Gasteiger partial charge in [0.1, 0.15) is 0 Å². The molecule has 1 N–H and O–H groups in total. The van der Waals surface area contributed by atoms with Gasteiger partial charge < -0.3 is 5.32 Å². The van der Waals surface area contributed by atoms with E-state index < -0.39 is 0 Å². The molecule has 0 unspecified atom stereocenters. The van der Waals surface area contributed by atoms with Gasteiger partial charge in [-0.25, -0.2) is 0 Å². The van der Waals surface area contributed by atoms with E-state index in [9.17, 15) is 0 Å². The molecule has 0 aromatic carbocycles. The third kappa shape index (κ3) is 3.75. The van der Waals surface area contributed by atoms with Crippen LogP contribution in [0.2, 0.25) is 0 Å². The van der Waals surface area contributed by atoms with Crippen molar-refractivity contribution in [3.8, 4) is 0 Å². The third-order valence-electron chi connectivity index (χ3n) is 2.73. The minimum Gasteiger partial charge on any atom is -0.360 e. The normalized spacial score (nSPS) is 18.9. The molecule has 0 saturated heterocycles. The van der Waals surface area contributed by atoms with Crippen molar-refractivity contribution in [2.75, 3.05) is 12.3 Å². The van der Waals surface area contributed by atoms with Crippen LogP contribution >= 0.6 is 23.1 Å². The molecule has 2 nitrogen and oxygen atoms in total. The molecule has 0 bridgehead atoms. The van der Waals surface area contributed by atoms with Gasteiger partial charge in [-0.05, 0) is 24.0 Å². The standard InChI is InChI=1S/C13H20N2S2/c1-4-10-5-6-11(17-10)7-14-12-15-8-13(2,3)9-16-12/h5-6H,4,7-9H2,1-3H3,(H,14,15). The first kappa shape index (κ1) is 13.0. The van der Waals surface area contributed by atoms with E-state index in [0.717, 1.165) is 30.4 Å². The lowest BCUT2D eigenvalue weighted by Gasteiger charge is -2.27. The van der Waals surface area contributed by atoms with Gasteiger partial charge in [-0.15, -0.1) is 11.3 Å². The predicted molar refractivity (Wildman–Crippen MR) is 79.1 cm³/mol. The van der Waals surface area contributed by atoms with Crippen LogP contribution < -0.4 is 5.32 Å². The molecule has 1 aliphatic heterocycles. The Hall–Kier alpha value is -0.480. The number of thiophene rings is 1. The molecule has 94 valence electrons. The largest absolute Gasteiger partial charge is 0.360 e. The van der Waals surface area contributed by atoms with Crippen LogP contribution in [0.25, 0.3) is 0 Å². The molecule has 0 aliphatic carbocycles. The minimum absolute atomic E-state index is 0.355. The molecule has 17 heavy (non-hydrogen) atoms. The van der Waals surface area contributed by atoms with E-state index in [1.54, 1.807) is 0 Å². The van der Waals surface area contributed by atoms with Crippen molar-refractivity contribution in [2.45, 2.75) is 33.7 Å². The molecule has 1 aromatic heterocycles. The zero-order valence-corrected chi connectivity index (χ0v) is 12.4. The fraction of sp³-hybridized carbons (Fsp3) is 0.615. The summed E-state index contributed by atoms with van der Waals surface area (Å²) in [6, 6.07) is 4.44. The summed E-state index contributed by atoms with van der Waals surface area (Å²) in [4.78, 5) is 7.45. The highest BCUT2D eigenvalue weighted by Gasteiger charge is 2.23. The van der Waals surface area contributed by atoms with Crippen molar-refractivity contribution in [3.05, 3.63) is 21.9 Å². The van der Waals surface area contributed by atoms with Crippen LogP contribution in [0.4, 0.5) is 0 Å². The van der Waals surface area contributed by atoms with Crippen LogP contribution in [0.3, 0.4) is 0 Å². The van der Waals surface area contributed by atoms with Gasteiger partial charge in [0.25, 0.3) is 0 Å². The van der Waals surface area contributed by atoms with Gasteiger partial charge in [0, 0.05) is 22.1 Å². The van der Waals surface area contributed by atoms with Crippen molar-refractivity contribution < 1.29 is 0 Å². The zero-order valence-electron chi connectivity index (χ0n) is 10.7. The van der Waals surface area contributed by atoms with Gasteiger partial charge in [0.15, 0.2) is 5.17 Å². The van der Waals surface area contributed by atoms with Gasteiger partial charge >= 0.3 is 0 Å². The molecule has 1 aliphatic rings. The van der Waals surface area contributed by atoms with Gasteiger partial charge in [0.05, 0.1) is 6.54 Å². The number of nitrogens with one attached hydrogen (secondary N) is 1. The summed E-state index contributed by atoms with van der Waals surface area (Å²) in [6.45, 7) is 8.59. The summed E-state index contributed by atoms with van der Waals surface area (Å²) in [5, 5.41) is 4.54. The SMILES string of the molecule is CCc1ccc(CNC2=NCC(C)(C)CS2)s1. The molecule has 2 rings (SSSR count). The van der Waals surface area contributed by atoms with Crippen molar-refractivity contribution in [1.29, 1.82) is 0 Å². The zero-order chi connectivity index (χ0) is 12.3. The van der Waals surface area contributed by atoms with Crippen LogP contribution in [-0.4, -0.2) is 17.5 Å². The molecular weight excluding hydrogens is 248 g/mol. The molecule has 0 saturated carbocycles. The minimum atomic E-state index is 0.355. The van der Waals surface area contributed by atoms with Gasteiger partial charge in [-0.3, -0.25) is 4.99 Å². The van der Waals surface area contributed by atoms with Crippen molar-refractivity contribution in [1.82, 2.24) is 5.32 Å². The molecule has 0 fully saturated rings. The van der Waals surface area contributed by atoms with Crippen LogP contribution in [0.1, 0.15) is 30.5 Å². The average Bonchev–Trinajstić information content (AvgIpc) is 2.75. The Morgan fingerprint density at radius 1 is 1.35 bits per heavy atom. The maximum absolute atomic E-state index is 4.60. The second-order valence-corrected chi connectivity index (χ2v) is 7.37. The molecule has 0 spiro atoms. The summed E-state index contributed by atoms with van der Waals surface area (Å²) in [5.74, 6) is 1.16. The van der Waals surface area contributed by atoms with E-state index in [4.69, 9.17) is 0 Å². The fourth-order valence-electron chi connectivity index (χ4n) is 1.62. The Labute approximate surface area is 112 Å². The van der Waals surface area contributed by atoms with Crippen LogP contribution in [0.15, 0.2) is 17.1 Å². The first-order chi connectivity index (χ1) is 8.09. The van der Waals surface area contributed by atoms with E-state index in [2.05, 4.69) is 43.2 Å². The summed E-state index contributed by atoms with van der Waals surface area (Å²) in [6.07, 6.45) is 1.13. The lowest BCUT2D eigenvalue weighted by atomic mass is 9.97. The third-order valence-corrected chi connectivity index (χ3v) is 5.43. The summed E-state index contributed by atoms with van der Waals surface area (Å²) >= 11 is 3.74. The Balaban J connectivity index is 1.85. The Morgan fingerprint density at radius 2 is 2.12 bits per heavy atom. The average molecular weight is 268 g/mol. The highest BCUT2D eigenvalue weighted by atomic mass is 32.2. The monoisotopic (exact) mass is 268 g/mol. The van der Waals surface area contributed by atoms with Crippen LogP contribution in [0.5, 0.6) is 0 Å². The molecule has 0 radical (unpaired) electrons. The van der Waals surface area contributed by atoms with E-state index in [1.807, 2.05) is 23.1 Å². The Morgan fingerprint density at radius 3 is 2.71 bits per heavy atom. The number of hydrogen-bond donors (Lipinski definition) is 1. The predicted octanol–water partition coefficient (Wildman–Crippen LogP) is 3.53. The van der Waals surface area contributed by atoms with Gasteiger partial charge in [-0.1, -0.05) is 32.5 Å². The number of thioether (sulfide) groups is 1.